The molecule has 1 saturated heterocycles. The smallest absolute Gasteiger partial charge is 0.219 e. The van der Waals surface area contributed by atoms with E-state index in [0.29, 0.717) is 18.0 Å². The van der Waals surface area contributed by atoms with Crippen LogP contribution in [0.4, 0.5) is 0 Å². The van der Waals surface area contributed by atoms with Gasteiger partial charge in [0.25, 0.3) is 0 Å². The first-order valence-corrected chi connectivity index (χ1v) is 6.56. The highest BCUT2D eigenvalue weighted by Crippen LogP contribution is 2.14. The Kier molecular flexibility index (Phi) is 5.26. The maximum atomic E-state index is 11.2. The third-order valence-corrected chi connectivity index (χ3v) is 3.63. The van der Waals surface area contributed by atoms with Crippen molar-refractivity contribution >= 4 is 5.91 Å². The lowest BCUT2D eigenvalue weighted by Gasteiger charge is -2.35. The van der Waals surface area contributed by atoms with E-state index in [1.165, 1.54) is 6.42 Å². The van der Waals surface area contributed by atoms with Crippen molar-refractivity contribution in [2.45, 2.75) is 59.0 Å². The van der Waals surface area contributed by atoms with E-state index in [2.05, 4.69) is 26.1 Å². The van der Waals surface area contributed by atoms with Crippen LogP contribution in [0, 0.1) is 5.92 Å². The fourth-order valence-electron chi connectivity index (χ4n) is 2.45. The molecular weight excluding hydrogens is 200 g/mol. The quantitative estimate of drug-likeness (QED) is 0.795. The Hall–Kier alpha value is -0.570. The Labute approximate surface area is 99.6 Å². The Morgan fingerprint density at radius 3 is 2.31 bits per heavy atom. The fourth-order valence-corrected chi connectivity index (χ4v) is 2.45. The molecule has 3 heteroatoms. The number of rotatable bonds is 4. The molecule has 1 atom stereocenters. The van der Waals surface area contributed by atoms with Gasteiger partial charge in [0.2, 0.25) is 5.91 Å². The summed E-state index contributed by atoms with van der Waals surface area (Å²) in [6.45, 7) is 10.3. The van der Waals surface area contributed by atoms with Gasteiger partial charge in [0.15, 0.2) is 0 Å². The molecule has 0 aromatic heterocycles. The van der Waals surface area contributed by atoms with E-state index in [0.717, 1.165) is 25.9 Å². The second kappa shape index (κ2) is 6.24. The fraction of sp³-hybridized carbons (Fsp3) is 0.923. The molecule has 1 N–H and O–H groups in total. The molecule has 1 amide bonds. The van der Waals surface area contributed by atoms with Gasteiger partial charge < -0.3 is 10.2 Å². The maximum Gasteiger partial charge on any atom is 0.219 e. The van der Waals surface area contributed by atoms with Crippen LogP contribution in [-0.2, 0) is 4.79 Å². The van der Waals surface area contributed by atoms with Crippen molar-refractivity contribution in [2.75, 3.05) is 13.1 Å². The number of hydrogen-bond acceptors (Lipinski definition) is 2. The minimum Gasteiger partial charge on any atom is -0.343 e. The van der Waals surface area contributed by atoms with Crippen LogP contribution >= 0.6 is 0 Å². The average Bonchev–Trinajstić information content (AvgIpc) is 2.26. The topological polar surface area (TPSA) is 32.3 Å². The number of hydrogen-bond donors (Lipinski definition) is 1. The van der Waals surface area contributed by atoms with Crippen LogP contribution in [0.25, 0.3) is 0 Å². The van der Waals surface area contributed by atoms with Crippen molar-refractivity contribution < 1.29 is 4.79 Å². The third kappa shape index (κ3) is 3.78. The molecule has 0 spiro atoms. The molecule has 0 aliphatic carbocycles. The lowest BCUT2D eigenvalue weighted by molar-refractivity contribution is -0.129. The summed E-state index contributed by atoms with van der Waals surface area (Å²) in [5.41, 5.74) is 0. The second-order valence-electron chi connectivity index (χ2n) is 5.21. The van der Waals surface area contributed by atoms with Gasteiger partial charge in [-0.05, 0) is 25.2 Å². The minimum atomic E-state index is 0.217. The first-order valence-electron chi connectivity index (χ1n) is 6.56. The molecule has 1 aliphatic heterocycles. The van der Waals surface area contributed by atoms with Crippen molar-refractivity contribution in [3.8, 4) is 0 Å². The molecule has 0 saturated carbocycles. The van der Waals surface area contributed by atoms with Crippen molar-refractivity contribution in [3.63, 3.8) is 0 Å². The number of likely N-dealkylation sites (tertiary alicyclic amines) is 1. The van der Waals surface area contributed by atoms with Gasteiger partial charge in [-0.3, -0.25) is 4.79 Å². The molecule has 3 nitrogen and oxygen atoms in total. The minimum absolute atomic E-state index is 0.217. The summed E-state index contributed by atoms with van der Waals surface area (Å²) in [5, 5.41) is 3.73. The largest absolute Gasteiger partial charge is 0.343 e. The predicted molar refractivity (Wildman–Crippen MR) is 67.3 cm³/mol. The first kappa shape index (κ1) is 13.5. The van der Waals surface area contributed by atoms with E-state index in [9.17, 15) is 4.79 Å². The average molecular weight is 226 g/mol. The van der Waals surface area contributed by atoms with E-state index in [1.54, 1.807) is 6.92 Å². The van der Waals surface area contributed by atoms with Crippen molar-refractivity contribution in [3.05, 3.63) is 0 Å². The van der Waals surface area contributed by atoms with Gasteiger partial charge >= 0.3 is 0 Å². The number of carbonyl (C=O) groups is 1. The van der Waals surface area contributed by atoms with Crippen LogP contribution < -0.4 is 5.32 Å². The monoisotopic (exact) mass is 226 g/mol. The lowest BCUT2D eigenvalue weighted by Crippen LogP contribution is -2.48. The van der Waals surface area contributed by atoms with E-state index < -0.39 is 0 Å². The number of nitrogens with one attached hydrogen (secondary N) is 1. The molecular formula is C13H26N2O. The molecule has 0 bridgehead atoms. The number of amides is 1. The molecule has 1 unspecified atom stereocenters. The number of piperidine rings is 1. The SMILES string of the molecule is CCC(NC1CCN(C(C)=O)CC1)C(C)C. The van der Waals surface area contributed by atoms with Crippen LogP contribution in [-0.4, -0.2) is 36.0 Å². The molecule has 94 valence electrons. The molecule has 16 heavy (non-hydrogen) atoms. The van der Waals surface area contributed by atoms with Gasteiger partial charge in [-0.15, -0.1) is 0 Å². The number of carbonyl (C=O) groups excluding carboxylic acids is 1. The summed E-state index contributed by atoms with van der Waals surface area (Å²) < 4.78 is 0. The van der Waals surface area contributed by atoms with E-state index >= 15 is 0 Å². The molecule has 0 radical (unpaired) electrons. The van der Waals surface area contributed by atoms with Gasteiger partial charge in [0, 0.05) is 32.1 Å². The standard InChI is InChI=1S/C13H26N2O/c1-5-13(10(2)3)14-12-6-8-15(9-7-12)11(4)16/h10,12-14H,5-9H2,1-4H3. The van der Waals surface area contributed by atoms with Gasteiger partial charge in [-0.1, -0.05) is 20.8 Å². The molecule has 0 aromatic carbocycles. The van der Waals surface area contributed by atoms with E-state index in [-0.39, 0.29) is 5.91 Å². The molecule has 1 aliphatic rings. The van der Waals surface area contributed by atoms with Crippen LogP contribution in [0.1, 0.15) is 47.0 Å². The zero-order valence-electron chi connectivity index (χ0n) is 11.1. The summed E-state index contributed by atoms with van der Waals surface area (Å²) in [5.74, 6) is 0.908. The predicted octanol–water partition coefficient (Wildman–Crippen LogP) is 2.02. The zero-order valence-corrected chi connectivity index (χ0v) is 11.1. The molecule has 1 rings (SSSR count). The second-order valence-corrected chi connectivity index (χ2v) is 5.21. The highest BCUT2D eigenvalue weighted by atomic mass is 16.2. The molecule has 1 heterocycles. The van der Waals surface area contributed by atoms with Crippen LogP contribution in [0.5, 0.6) is 0 Å². The highest BCUT2D eigenvalue weighted by Gasteiger charge is 2.23. The third-order valence-electron chi connectivity index (χ3n) is 3.63. The number of nitrogens with zero attached hydrogens (tertiary/aromatic N) is 1. The Morgan fingerprint density at radius 1 is 1.38 bits per heavy atom. The van der Waals surface area contributed by atoms with Gasteiger partial charge in [0.05, 0.1) is 0 Å². The van der Waals surface area contributed by atoms with Crippen molar-refractivity contribution in [1.29, 1.82) is 0 Å². The van der Waals surface area contributed by atoms with Crippen molar-refractivity contribution in [2.24, 2.45) is 5.92 Å². The van der Waals surface area contributed by atoms with Gasteiger partial charge in [-0.2, -0.15) is 0 Å². The Bertz CT molecular complexity index is 220. The normalized spacial score (nSPS) is 20.2. The summed E-state index contributed by atoms with van der Waals surface area (Å²) in [4.78, 5) is 13.2. The summed E-state index contributed by atoms with van der Waals surface area (Å²) in [6, 6.07) is 1.22. The van der Waals surface area contributed by atoms with Crippen LogP contribution in [0.15, 0.2) is 0 Å². The van der Waals surface area contributed by atoms with Crippen molar-refractivity contribution in [1.82, 2.24) is 10.2 Å². The molecule has 0 aromatic rings. The summed E-state index contributed by atoms with van der Waals surface area (Å²) >= 11 is 0. The van der Waals surface area contributed by atoms with E-state index in [4.69, 9.17) is 0 Å². The molecule has 1 fully saturated rings. The van der Waals surface area contributed by atoms with Crippen LogP contribution in [0.3, 0.4) is 0 Å². The highest BCUT2D eigenvalue weighted by molar-refractivity contribution is 5.73. The summed E-state index contributed by atoms with van der Waals surface area (Å²) in [7, 11) is 0. The maximum absolute atomic E-state index is 11.2. The first-order chi connectivity index (χ1) is 7.54. The zero-order chi connectivity index (χ0) is 12.1. The van der Waals surface area contributed by atoms with Crippen LogP contribution in [0.2, 0.25) is 0 Å². The Balaban J connectivity index is 2.33. The Morgan fingerprint density at radius 2 is 1.94 bits per heavy atom. The van der Waals surface area contributed by atoms with E-state index in [1.807, 2.05) is 4.90 Å². The van der Waals surface area contributed by atoms with Gasteiger partial charge in [-0.25, -0.2) is 0 Å². The van der Waals surface area contributed by atoms with Gasteiger partial charge in [0.1, 0.15) is 0 Å². The summed E-state index contributed by atoms with van der Waals surface area (Å²) in [6.07, 6.45) is 3.39. The lowest BCUT2D eigenvalue weighted by atomic mass is 9.97.